The summed E-state index contributed by atoms with van der Waals surface area (Å²) in [5, 5.41) is 13.7. The number of nitrogens with zero attached hydrogens (tertiary/aromatic N) is 2. The zero-order chi connectivity index (χ0) is 15.8. The number of carbonyl (C=O) groups excluding carboxylic acids is 3. The Morgan fingerprint density at radius 1 is 1.45 bits per heavy atom. The normalized spacial score (nSPS) is 20.2. The number of pyridine rings is 1. The standard InChI is InChI=1S/C14H15N3O4.Na/c1-7(2)14(3)13(21)16-11(17-14)10-9(12(19)20)4-8(6-18)5-15-10;/h4-7H,1-3H3,(H,19,20)(H,16,17,21);/q;+1/p-1. The van der Waals surface area contributed by atoms with Crippen LogP contribution in [0.15, 0.2) is 17.3 Å². The number of aldehydes is 1. The van der Waals surface area contributed by atoms with Gasteiger partial charge in [0.2, 0.25) is 0 Å². The van der Waals surface area contributed by atoms with Crippen LogP contribution in [0.1, 0.15) is 47.2 Å². The summed E-state index contributed by atoms with van der Waals surface area (Å²) in [7, 11) is 0. The third-order valence-corrected chi connectivity index (χ3v) is 3.65. The summed E-state index contributed by atoms with van der Waals surface area (Å²) in [6.07, 6.45) is 1.70. The van der Waals surface area contributed by atoms with Crippen molar-refractivity contribution in [1.82, 2.24) is 10.3 Å². The Balaban J connectivity index is 0.00000242. The molecule has 0 saturated carbocycles. The molecule has 110 valence electrons. The van der Waals surface area contributed by atoms with Gasteiger partial charge < -0.3 is 15.2 Å². The van der Waals surface area contributed by atoms with E-state index >= 15 is 0 Å². The molecular weight excluding hydrogens is 297 g/mol. The Bertz CT molecular complexity index is 672. The van der Waals surface area contributed by atoms with E-state index in [0.29, 0.717) is 6.29 Å². The van der Waals surface area contributed by atoms with E-state index in [9.17, 15) is 19.5 Å². The van der Waals surface area contributed by atoms with Gasteiger partial charge in [0.15, 0.2) is 12.1 Å². The third kappa shape index (κ3) is 3.11. The Kier molecular flexibility index (Phi) is 5.61. The summed E-state index contributed by atoms with van der Waals surface area (Å²) >= 11 is 0. The first-order valence-corrected chi connectivity index (χ1v) is 6.38. The minimum Gasteiger partial charge on any atom is -0.545 e. The molecule has 0 bridgehead atoms. The van der Waals surface area contributed by atoms with Gasteiger partial charge >= 0.3 is 29.6 Å². The van der Waals surface area contributed by atoms with Crippen molar-refractivity contribution in [2.75, 3.05) is 0 Å². The zero-order valence-electron chi connectivity index (χ0n) is 12.8. The molecule has 1 aliphatic rings. The number of rotatable bonds is 4. The predicted molar refractivity (Wildman–Crippen MR) is 71.9 cm³/mol. The van der Waals surface area contributed by atoms with Crippen molar-refractivity contribution in [3.8, 4) is 0 Å². The first-order valence-electron chi connectivity index (χ1n) is 6.38. The van der Waals surface area contributed by atoms with Crippen LogP contribution >= 0.6 is 0 Å². The Labute approximate surface area is 149 Å². The van der Waals surface area contributed by atoms with Crippen LogP contribution in [-0.2, 0) is 4.79 Å². The van der Waals surface area contributed by atoms with Crippen molar-refractivity contribution in [1.29, 1.82) is 0 Å². The molecule has 1 atom stereocenters. The van der Waals surface area contributed by atoms with Crippen molar-refractivity contribution in [3.63, 3.8) is 0 Å². The van der Waals surface area contributed by atoms with Gasteiger partial charge in [0.05, 0.1) is 5.97 Å². The number of amidine groups is 1. The van der Waals surface area contributed by atoms with Crippen LogP contribution in [0.2, 0.25) is 0 Å². The average Bonchev–Trinajstić information content (AvgIpc) is 2.75. The maximum absolute atomic E-state index is 12.1. The average molecular weight is 311 g/mol. The van der Waals surface area contributed by atoms with E-state index in [4.69, 9.17) is 0 Å². The van der Waals surface area contributed by atoms with Gasteiger partial charge in [-0.25, -0.2) is 4.99 Å². The van der Waals surface area contributed by atoms with Crippen molar-refractivity contribution in [2.45, 2.75) is 26.3 Å². The molecule has 22 heavy (non-hydrogen) atoms. The number of aromatic nitrogens is 1. The molecule has 1 aliphatic heterocycles. The van der Waals surface area contributed by atoms with Crippen molar-refractivity contribution in [2.24, 2.45) is 10.9 Å². The maximum Gasteiger partial charge on any atom is 1.00 e. The summed E-state index contributed by atoms with van der Waals surface area (Å²) in [4.78, 5) is 42.1. The number of aromatic carboxylic acids is 1. The molecular formula is C14H14N3NaO4. The second kappa shape index (κ2) is 6.68. The summed E-state index contributed by atoms with van der Waals surface area (Å²) < 4.78 is 0. The zero-order valence-corrected chi connectivity index (χ0v) is 14.8. The molecule has 0 aromatic carbocycles. The van der Waals surface area contributed by atoms with E-state index in [-0.39, 0.29) is 64.0 Å². The van der Waals surface area contributed by atoms with Crippen LogP contribution < -0.4 is 40.0 Å². The number of nitrogens with one attached hydrogen (secondary N) is 1. The van der Waals surface area contributed by atoms with Gasteiger partial charge in [0.25, 0.3) is 5.91 Å². The molecule has 0 saturated heterocycles. The van der Waals surface area contributed by atoms with Gasteiger partial charge in [-0.2, -0.15) is 0 Å². The van der Waals surface area contributed by atoms with Crippen LogP contribution in [0, 0.1) is 5.92 Å². The molecule has 1 aromatic rings. The fourth-order valence-corrected chi connectivity index (χ4v) is 1.94. The molecule has 1 unspecified atom stereocenters. The monoisotopic (exact) mass is 311 g/mol. The number of aliphatic imine (C=N–C) groups is 1. The molecule has 1 N–H and O–H groups in total. The van der Waals surface area contributed by atoms with Gasteiger partial charge in [-0.1, -0.05) is 13.8 Å². The van der Waals surface area contributed by atoms with Crippen LogP contribution in [0.4, 0.5) is 0 Å². The maximum atomic E-state index is 12.1. The summed E-state index contributed by atoms with van der Waals surface area (Å²) in [6.45, 7) is 5.35. The predicted octanol–water partition coefficient (Wildman–Crippen LogP) is -3.45. The van der Waals surface area contributed by atoms with E-state index in [1.54, 1.807) is 6.92 Å². The van der Waals surface area contributed by atoms with Gasteiger partial charge in [-0.3, -0.25) is 14.6 Å². The Morgan fingerprint density at radius 2 is 2.09 bits per heavy atom. The Morgan fingerprint density at radius 3 is 2.55 bits per heavy atom. The topological polar surface area (TPSA) is 112 Å². The SMILES string of the molecule is CC(C)C1(C)N=C(c2ncc(C=O)cc2C(=O)[O-])NC1=O.[Na+]. The molecule has 8 heteroatoms. The third-order valence-electron chi connectivity index (χ3n) is 3.65. The van der Waals surface area contributed by atoms with Crippen molar-refractivity contribution < 1.29 is 49.0 Å². The summed E-state index contributed by atoms with van der Waals surface area (Å²) in [5.41, 5.74) is -1.18. The largest absolute Gasteiger partial charge is 1.00 e. The van der Waals surface area contributed by atoms with E-state index in [1.165, 1.54) is 6.20 Å². The quantitative estimate of drug-likeness (QED) is 0.459. The molecule has 0 fully saturated rings. The van der Waals surface area contributed by atoms with Gasteiger partial charge in [0.1, 0.15) is 11.2 Å². The van der Waals surface area contributed by atoms with Crippen LogP contribution in [0.25, 0.3) is 0 Å². The van der Waals surface area contributed by atoms with Crippen LogP contribution in [0.5, 0.6) is 0 Å². The number of carboxylic acid groups (broad SMARTS) is 1. The molecule has 7 nitrogen and oxygen atoms in total. The van der Waals surface area contributed by atoms with Crippen LogP contribution in [-0.4, -0.2) is 34.5 Å². The van der Waals surface area contributed by atoms with E-state index in [2.05, 4.69) is 15.3 Å². The smallest absolute Gasteiger partial charge is 0.545 e. The van der Waals surface area contributed by atoms with Crippen molar-refractivity contribution in [3.05, 3.63) is 29.1 Å². The molecule has 2 rings (SSSR count). The fourth-order valence-electron chi connectivity index (χ4n) is 1.94. The van der Waals surface area contributed by atoms with Crippen molar-refractivity contribution >= 4 is 24.0 Å². The fraction of sp³-hybridized carbons (Fsp3) is 0.357. The summed E-state index contributed by atoms with van der Waals surface area (Å²) in [5.74, 6) is -1.81. The molecule has 0 radical (unpaired) electrons. The first-order chi connectivity index (χ1) is 9.79. The first kappa shape index (κ1) is 18.5. The number of amides is 1. The van der Waals surface area contributed by atoms with E-state index in [0.717, 1.165) is 6.07 Å². The molecule has 0 aliphatic carbocycles. The number of hydrogen-bond donors (Lipinski definition) is 1. The Hall–Kier alpha value is -1.57. The minimum atomic E-state index is -1.49. The van der Waals surface area contributed by atoms with Gasteiger partial charge in [-0.15, -0.1) is 0 Å². The minimum absolute atomic E-state index is 0. The molecule has 1 aromatic heterocycles. The molecule has 2 heterocycles. The van der Waals surface area contributed by atoms with E-state index in [1.807, 2.05) is 13.8 Å². The second-order valence-corrected chi connectivity index (χ2v) is 5.29. The summed E-state index contributed by atoms with van der Waals surface area (Å²) in [6, 6.07) is 1.14. The molecule has 0 spiro atoms. The number of hydrogen-bond acceptors (Lipinski definition) is 6. The number of carboxylic acids is 1. The van der Waals surface area contributed by atoms with Gasteiger partial charge in [0, 0.05) is 17.3 Å². The van der Waals surface area contributed by atoms with Gasteiger partial charge in [-0.05, 0) is 18.9 Å². The van der Waals surface area contributed by atoms with E-state index < -0.39 is 11.5 Å². The molecule has 1 amide bonds. The number of carbonyl (C=O) groups is 3. The second-order valence-electron chi connectivity index (χ2n) is 5.29. The van der Waals surface area contributed by atoms with Crippen LogP contribution in [0.3, 0.4) is 0 Å².